The molecule has 1 aromatic rings. The summed E-state index contributed by atoms with van der Waals surface area (Å²) in [7, 11) is 0. The van der Waals surface area contributed by atoms with Crippen molar-refractivity contribution < 1.29 is 28.9 Å². The predicted octanol–water partition coefficient (Wildman–Crippen LogP) is 3.11. The fourth-order valence-corrected chi connectivity index (χ4v) is 2.43. The summed E-state index contributed by atoms with van der Waals surface area (Å²) in [5, 5.41) is 12.0. The summed E-state index contributed by atoms with van der Waals surface area (Å²) < 4.78 is 16.8. The van der Waals surface area contributed by atoms with Crippen LogP contribution in [-0.4, -0.2) is 42.8 Å². The zero-order chi connectivity index (χ0) is 19.7. The first-order valence-electron chi connectivity index (χ1n) is 8.99. The lowest BCUT2D eigenvalue weighted by Crippen LogP contribution is -2.45. The van der Waals surface area contributed by atoms with Crippen LogP contribution in [0.5, 0.6) is 17.2 Å². The molecule has 0 spiro atoms. The summed E-state index contributed by atoms with van der Waals surface area (Å²) in [5.41, 5.74) is 0.259. The fourth-order valence-electron chi connectivity index (χ4n) is 2.43. The Bertz CT molecular complexity index is 589. The highest BCUT2D eigenvalue weighted by Gasteiger charge is 2.27. The number of amides is 1. The van der Waals surface area contributed by atoms with E-state index in [4.69, 9.17) is 14.2 Å². The molecule has 146 valence electrons. The Morgan fingerprint density at radius 3 is 1.88 bits per heavy atom. The number of rotatable bonds is 11. The van der Waals surface area contributed by atoms with E-state index in [1.54, 1.807) is 19.1 Å². The molecular formula is C19H29NO6. The summed E-state index contributed by atoms with van der Waals surface area (Å²) in [6.45, 7) is 10.4. The Hall–Kier alpha value is -2.44. The molecule has 26 heavy (non-hydrogen) atoms. The number of carboxylic acids is 1. The first-order valence-corrected chi connectivity index (χ1v) is 8.99. The summed E-state index contributed by atoms with van der Waals surface area (Å²) in [4.78, 5) is 24.1. The summed E-state index contributed by atoms with van der Waals surface area (Å²) in [5.74, 6) is -0.542. The molecule has 0 heterocycles. The van der Waals surface area contributed by atoms with Crippen LogP contribution >= 0.6 is 0 Å². The average Bonchev–Trinajstić information content (AvgIpc) is 2.61. The van der Waals surface area contributed by atoms with Crippen molar-refractivity contribution in [2.75, 3.05) is 19.8 Å². The fraction of sp³-hybridized carbons (Fsp3) is 0.579. The third-order valence-electron chi connectivity index (χ3n) is 3.94. The van der Waals surface area contributed by atoms with E-state index in [0.717, 1.165) is 0 Å². The van der Waals surface area contributed by atoms with Gasteiger partial charge in [-0.25, -0.2) is 4.79 Å². The molecule has 0 bridgehead atoms. The molecule has 1 rings (SSSR count). The molecule has 7 heteroatoms. The van der Waals surface area contributed by atoms with E-state index in [-0.39, 0.29) is 11.5 Å². The van der Waals surface area contributed by atoms with Crippen molar-refractivity contribution in [1.29, 1.82) is 0 Å². The van der Waals surface area contributed by atoms with Gasteiger partial charge in [0.05, 0.1) is 19.8 Å². The van der Waals surface area contributed by atoms with Crippen LogP contribution in [-0.2, 0) is 4.79 Å². The molecule has 0 saturated heterocycles. The van der Waals surface area contributed by atoms with Crippen LogP contribution in [0, 0.1) is 5.92 Å². The van der Waals surface area contributed by atoms with Gasteiger partial charge in [0.15, 0.2) is 11.5 Å². The van der Waals surface area contributed by atoms with Gasteiger partial charge in [-0.3, -0.25) is 4.79 Å². The number of nitrogens with one attached hydrogen (secondary N) is 1. The average molecular weight is 367 g/mol. The van der Waals surface area contributed by atoms with Gasteiger partial charge in [-0.05, 0) is 38.8 Å². The van der Waals surface area contributed by atoms with Crippen molar-refractivity contribution in [3.8, 4) is 17.2 Å². The van der Waals surface area contributed by atoms with Crippen LogP contribution in [0.4, 0.5) is 0 Å². The third-order valence-corrected chi connectivity index (χ3v) is 3.94. The lowest BCUT2D eigenvalue weighted by atomic mass is 9.99. The Morgan fingerprint density at radius 1 is 1.00 bits per heavy atom. The van der Waals surface area contributed by atoms with Crippen molar-refractivity contribution in [3.63, 3.8) is 0 Å². The number of hydrogen-bond donors (Lipinski definition) is 2. The van der Waals surface area contributed by atoms with Crippen molar-refractivity contribution in [2.24, 2.45) is 5.92 Å². The lowest BCUT2D eigenvalue weighted by Gasteiger charge is -2.21. The Balaban J connectivity index is 3.24. The van der Waals surface area contributed by atoms with Crippen LogP contribution in [0.1, 0.15) is 51.4 Å². The maximum absolute atomic E-state index is 12.6. The highest BCUT2D eigenvalue weighted by molar-refractivity contribution is 5.97. The Morgan fingerprint density at radius 2 is 1.50 bits per heavy atom. The summed E-state index contributed by atoms with van der Waals surface area (Å²) in [6, 6.07) is 2.12. The minimum atomic E-state index is -1.06. The second-order valence-corrected chi connectivity index (χ2v) is 5.78. The van der Waals surface area contributed by atoms with Gasteiger partial charge in [-0.1, -0.05) is 20.3 Å². The molecule has 1 aromatic carbocycles. The van der Waals surface area contributed by atoms with E-state index in [9.17, 15) is 14.7 Å². The van der Waals surface area contributed by atoms with E-state index < -0.39 is 17.9 Å². The van der Waals surface area contributed by atoms with Crippen LogP contribution in [0.2, 0.25) is 0 Å². The van der Waals surface area contributed by atoms with Gasteiger partial charge in [-0.2, -0.15) is 0 Å². The number of hydrogen-bond acceptors (Lipinski definition) is 5. The van der Waals surface area contributed by atoms with Crippen molar-refractivity contribution in [1.82, 2.24) is 5.32 Å². The van der Waals surface area contributed by atoms with Gasteiger partial charge in [0.25, 0.3) is 5.91 Å². The number of carbonyl (C=O) groups excluding carboxylic acids is 1. The molecule has 0 aliphatic heterocycles. The quantitative estimate of drug-likeness (QED) is 0.624. The van der Waals surface area contributed by atoms with Gasteiger partial charge in [0.1, 0.15) is 6.04 Å². The standard InChI is InChI=1S/C19H29NO6/c1-6-12(5)16(19(22)23)20-18(21)13-10-14(24-7-2)17(26-9-4)15(11-13)25-8-3/h10-12,16H,6-9H2,1-5H3,(H,20,21)(H,22,23). The van der Waals surface area contributed by atoms with Gasteiger partial charge >= 0.3 is 5.97 Å². The van der Waals surface area contributed by atoms with E-state index in [1.807, 2.05) is 27.7 Å². The minimum absolute atomic E-state index is 0.197. The van der Waals surface area contributed by atoms with Crippen molar-refractivity contribution >= 4 is 11.9 Å². The molecule has 2 atom stereocenters. The highest BCUT2D eigenvalue weighted by atomic mass is 16.5. The Kier molecular flexibility index (Phi) is 8.75. The number of aliphatic carboxylic acids is 1. The molecule has 1 amide bonds. The van der Waals surface area contributed by atoms with Crippen molar-refractivity contribution in [2.45, 2.75) is 47.1 Å². The molecule has 0 aliphatic carbocycles. The molecule has 0 saturated carbocycles. The van der Waals surface area contributed by atoms with E-state index in [0.29, 0.717) is 43.5 Å². The first kappa shape index (κ1) is 21.6. The minimum Gasteiger partial charge on any atom is -0.490 e. The Labute approximate surface area is 154 Å². The maximum Gasteiger partial charge on any atom is 0.326 e. The SMILES string of the molecule is CCOc1cc(C(=O)NC(C(=O)O)C(C)CC)cc(OCC)c1OCC. The molecule has 0 aromatic heterocycles. The molecular weight excluding hydrogens is 338 g/mol. The van der Waals surface area contributed by atoms with Gasteiger partial charge in [0.2, 0.25) is 5.75 Å². The number of carbonyl (C=O) groups is 2. The molecule has 0 aliphatic rings. The monoisotopic (exact) mass is 367 g/mol. The van der Waals surface area contributed by atoms with Crippen LogP contribution in [0.3, 0.4) is 0 Å². The highest BCUT2D eigenvalue weighted by Crippen LogP contribution is 2.39. The second-order valence-electron chi connectivity index (χ2n) is 5.78. The largest absolute Gasteiger partial charge is 0.490 e. The van der Waals surface area contributed by atoms with Gasteiger partial charge in [0, 0.05) is 5.56 Å². The van der Waals surface area contributed by atoms with Crippen LogP contribution in [0.25, 0.3) is 0 Å². The van der Waals surface area contributed by atoms with E-state index in [2.05, 4.69) is 5.32 Å². The lowest BCUT2D eigenvalue weighted by molar-refractivity contribution is -0.140. The molecule has 7 nitrogen and oxygen atoms in total. The molecule has 0 radical (unpaired) electrons. The normalized spacial score (nSPS) is 12.8. The van der Waals surface area contributed by atoms with Crippen molar-refractivity contribution in [3.05, 3.63) is 17.7 Å². The smallest absolute Gasteiger partial charge is 0.326 e. The second kappa shape index (κ2) is 10.5. The number of benzene rings is 1. The molecule has 0 fully saturated rings. The zero-order valence-corrected chi connectivity index (χ0v) is 16.1. The topological polar surface area (TPSA) is 94.1 Å². The van der Waals surface area contributed by atoms with Crippen LogP contribution in [0.15, 0.2) is 12.1 Å². The zero-order valence-electron chi connectivity index (χ0n) is 16.1. The van der Waals surface area contributed by atoms with E-state index in [1.165, 1.54) is 0 Å². The number of ether oxygens (including phenoxy) is 3. The first-order chi connectivity index (χ1) is 12.4. The maximum atomic E-state index is 12.6. The summed E-state index contributed by atoms with van der Waals surface area (Å²) in [6.07, 6.45) is 0.634. The van der Waals surface area contributed by atoms with Gasteiger partial charge in [-0.15, -0.1) is 0 Å². The molecule has 2 N–H and O–H groups in total. The predicted molar refractivity (Wildman–Crippen MR) is 98.3 cm³/mol. The van der Waals surface area contributed by atoms with E-state index >= 15 is 0 Å². The van der Waals surface area contributed by atoms with Gasteiger partial charge < -0.3 is 24.6 Å². The summed E-state index contributed by atoms with van der Waals surface area (Å²) >= 11 is 0. The number of carboxylic acid groups (broad SMARTS) is 1. The van der Waals surface area contributed by atoms with Crippen LogP contribution < -0.4 is 19.5 Å². The third kappa shape index (κ3) is 5.54. The molecule has 2 unspecified atom stereocenters.